The highest BCUT2D eigenvalue weighted by Crippen LogP contribution is 2.15. The van der Waals surface area contributed by atoms with E-state index < -0.39 is 17.0 Å². The molecule has 0 aliphatic carbocycles. The quantitative estimate of drug-likeness (QED) is 0.699. The summed E-state index contributed by atoms with van der Waals surface area (Å²) in [6.07, 6.45) is 3.35. The highest BCUT2D eigenvalue weighted by Gasteiger charge is 2.24. The molecule has 0 unspecified atom stereocenters. The zero-order valence-electron chi connectivity index (χ0n) is 15.4. The van der Waals surface area contributed by atoms with E-state index >= 15 is 0 Å². The zero-order chi connectivity index (χ0) is 19.7. The van der Waals surface area contributed by atoms with Crippen molar-refractivity contribution < 1.29 is 4.79 Å². The number of aromatic nitrogens is 3. The van der Waals surface area contributed by atoms with Crippen molar-refractivity contribution in [3.63, 3.8) is 0 Å². The van der Waals surface area contributed by atoms with Gasteiger partial charge in [-0.05, 0) is 24.6 Å². The van der Waals surface area contributed by atoms with Crippen molar-refractivity contribution in [2.45, 2.75) is 13.5 Å². The van der Waals surface area contributed by atoms with Crippen LogP contribution in [0.25, 0.3) is 0 Å². The van der Waals surface area contributed by atoms with Crippen molar-refractivity contribution in [2.75, 3.05) is 0 Å². The molecule has 3 rings (SSSR count). The third kappa shape index (κ3) is 3.31. The van der Waals surface area contributed by atoms with Crippen LogP contribution in [0.3, 0.4) is 0 Å². The van der Waals surface area contributed by atoms with Gasteiger partial charge in [-0.25, -0.2) is 4.79 Å². The van der Waals surface area contributed by atoms with E-state index in [4.69, 9.17) is 5.41 Å². The Bertz CT molecular complexity index is 1190. The lowest BCUT2D eigenvalue weighted by Gasteiger charge is -2.16. The van der Waals surface area contributed by atoms with Gasteiger partial charge in [-0.15, -0.1) is 0 Å². The van der Waals surface area contributed by atoms with Gasteiger partial charge in [-0.2, -0.15) is 0 Å². The summed E-state index contributed by atoms with van der Waals surface area (Å²) in [6.45, 7) is 1.97. The molecule has 2 heterocycles. The Morgan fingerprint density at radius 1 is 1.00 bits per heavy atom. The minimum Gasteiger partial charge on any atom is -0.348 e. The molecule has 7 heteroatoms. The Morgan fingerprint density at radius 3 is 2.26 bits per heavy atom. The lowest BCUT2D eigenvalue weighted by Crippen LogP contribution is -2.43. The molecule has 0 saturated carbocycles. The van der Waals surface area contributed by atoms with E-state index in [2.05, 4.69) is 0 Å². The number of carbonyl (C=O) groups excluding carboxylic acids is 1. The minimum atomic E-state index is -0.612. The Kier molecular flexibility index (Phi) is 4.77. The van der Waals surface area contributed by atoms with Crippen molar-refractivity contribution in [1.29, 1.82) is 5.41 Å². The van der Waals surface area contributed by atoms with E-state index in [9.17, 15) is 14.4 Å². The minimum absolute atomic E-state index is 0.0173. The number of ketones is 1. The number of hydrogen-bond donors (Lipinski definition) is 1. The predicted octanol–water partition coefficient (Wildman–Crippen LogP) is 0.953. The van der Waals surface area contributed by atoms with Gasteiger partial charge in [-0.3, -0.25) is 18.7 Å². The molecule has 0 saturated heterocycles. The third-order valence-corrected chi connectivity index (χ3v) is 4.63. The maximum absolute atomic E-state index is 13.2. The predicted molar refractivity (Wildman–Crippen MR) is 101 cm³/mol. The smallest absolute Gasteiger partial charge is 0.330 e. The highest BCUT2D eigenvalue weighted by atomic mass is 16.2. The summed E-state index contributed by atoms with van der Waals surface area (Å²) >= 11 is 0. The average molecular weight is 364 g/mol. The average Bonchev–Trinajstić information content (AvgIpc) is 2.66. The number of benzene rings is 1. The number of pyridine rings is 1. The number of hydrogen-bond acceptors (Lipinski definition) is 4. The van der Waals surface area contributed by atoms with Gasteiger partial charge in [-0.1, -0.05) is 24.3 Å². The summed E-state index contributed by atoms with van der Waals surface area (Å²) in [7, 11) is 2.91. The second kappa shape index (κ2) is 7.03. The fraction of sp³-hybridized carbons (Fsp3) is 0.200. The summed E-state index contributed by atoms with van der Waals surface area (Å²) in [5.74, 6) is -0.406. The maximum atomic E-state index is 13.2. The number of nitrogens with one attached hydrogen (secondary N) is 1. The van der Waals surface area contributed by atoms with Crippen LogP contribution >= 0.6 is 0 Å². The summed E-state index contributed by atoms with van der Waals surface area (Å²) < 4.78 is 4.00. The molecule has 0 aliphatic heterocycles. The normalized spacial score (nSPS) is 10.8. The van der Waals surface area contributed by atoms with Crippen LogP contribution < -0.4 is 16.6 Å². The number of rotatable bonds is 4. The van der Waals surface area contributed by atoms with E-state index in [-0.39, 0.29) is 12.1 Å². The first kappa shape index (κ1) is 18.3. The second-order valence-corrected chi connectivity index (χ2v) is 6.43. The highest BCUT2D eigenvalue weighted by molar-refractivity contribution is 6.10. The van der Waals surface area contributed by atoms with Crippen molar-refractivity contribution in [1.82, 2.24) is 13.7 Å². The van der Waals surface area contributed by atoms with Crippen LogP contribution in [-0.2, 0) is 20.6 Å². The molecular formula is C20H20N4O3. The maximum Gasteiger partial charge on any atom is 0.330 e. The van der Waals surface area contributed by atoms with Crippen molar-refractivity contribution >= 4 is 5.78 Å². The van der Waals surface area contributed by atoms with E-state index in [0.29, 0.717) is 16.6 Å². The number of nitrogens with zero attached hydrogens (tertiary/aromatic N) is 3. The van der Waals surface area contributed by atoms with Crippen LogP contribution in [0, 0.1) is 12.3 Å². The molecule has 138 valence electrons. The molecule has 0 spiro atoms. The van der Waals surface area contributed by atoms with Crippen LogP contribution in [0.4, 0.5) is 0 Å². The molecule has 0 bridgehead atoms. The van der Waals surface area contributed by atoms with E-state index in [1.807, 2.05) is 6.07 Å². The van der Waals surface area contributed by atoms with Crippen LogP contribution in [-0.4, -0.2) is 19.5 Å². The summed E-state index contributed by atoms with van der Waals surface area (Å²) in [5, 5.41) is 7.93. The lowest BCUT2D eigenvalue weighted by molar-refractivity contribution is 0.103. The fourth-order valence-corrected chi connectivity index (χ4v) is 3.00. The fourth-order valence-electron chi connectivity index (χ4n) is 3.00. The van der Waals surface area contributed by atoms with Gasteiger partial charge >= 0.3 is 5.69 Å². The molecule has 2 aromatic heterocycles. The Hall–Kier alpha value is -3.48. The standard InChI is InChI=1S/C20H20N4O3/c1-13-6-4-5-7-15(13)18(25)17-16(12-24-10-8-14(21)9-11-24)22(2)20(27)23(3)19(17)26/h4-11,21H,12H2,1-3H3. The van der Waals surface area contributed by atoms with Crippen molar-refractivity contribution in [2.24, 2.45) is 14.1 Å². The molecule has 1 N–H and O–H groups in total. The number of carbonyl (C=O) groups is 1. The second-order valence-electron chi connectivity index (χ2n) is 6.43. The molecule has 1 aromatic carbocycles. The Morgan fingerprint density at radius 2 is 1.63 bits per heavy atom. The molecule has 0 atom stereocenters. The lowest BCUT2D eigenvalue weighted by atomic mass is 9.98. The third-order valence-electron chi connectivity index (χ3n) is 4.63. The Balaban J connectivity index is 2.26. The molecule has 0 amide bonds. The zero-order valence-corrected chi connectivity index (χ0v) is 15.4. The molecule has 0 aliphatic rings. The van der Waals surface area contributed by atoms with Gasteiger partial charge < -0.3 is 9.98 Å². The monoisotopic (exact) mass is 364 g/mol. The van der Waals surface area contributed by atoms with Crippen molar-refractivity contribution in [3.8, 4) is 0 Å². The van der Waals surface area contributed by atoms with Crippen LogP contribution in [0.5, 0.6) is 0 Å². The van der Waals surface area contributed by atoms with Crippen LogP contribution in [0.1, 0.15) is 27.2 Å². The number of aryl methyl sites for hydroxylation is 1. The van der Waals surface area contributed by atoms with Gasteiger partial charge in [0.25, 0.3) is 5.56 Å². The molecule has 0 fully saturated rings. The summed E-state index contributed by atoms with van der Waals surface area (Å²) in [5.41, 5.74) is 0.403. The summed E-state index contributed by atoms with van der Waals surface area (Å²) in [6, 6.07) is 10.2. The molecular weight excluding hydrogens is 344 g/mol. The first-order valence-electron chi connectivity index (χ1n) is 8.41. The SMILES string of the molecule is Cc1ccccc1C(=O)c1c(Cn2ccc(=N)cc2)n(C)c(=O)n(C)c1=O. The van der Waals surface area contributed by atoms with E-state index in [0.717, 1.165) is 10.1 Å². The van der Waals surface area contributed by atoms with Crippen LogP contribution in [0.15, 0.2) is 58.4 Å². The van der Waals surface area contributed by atoms with E-state index in [1.54, 1.807) is 61.3 Å². The first-order valence-corrected chi connectivity index (χ1v) is 8.41. The van der Waals surface area contributed by atoms with Gasteiger partial charge in [0, 0.05) is 32.1 Å². The topological polar surface area (TPSA) is 89.8 Å². The largest absolute Gasteiger partial charge is 0.348 e. The first-order chi connectivity index (χ1) is 12.8. The Labute approximate surface area is 155 Å². The van der Waals surface area contributed by atoms with Crippen LogP contribution in [0.2, 0.25) is 0 Å². The molecule has 27 heavy (non-hydrogen) atoms. The summed E-state index contributed by atoms with van der Waals surface area (Å²) in [4.78, 5) is 38.4. The van der Waals surface area contributed by atoms with Gasteiger partial charge in [0.2, 0.25) is 5.78 Å². The van der Waals surface area contributed by atoms with E-state index in [1.165, 1.54) is 11.6 Å². The molecule has 7 nitrogen and oxygen atoms in total. The van der Waals surface area contributed by atoms with Gasteiger partial charge in [0.15, 0.2) is 0 Å². The molecule has 3 aromatic rings. The van der Waals surface area contributed by atoms with Gasteiger partial charge in [0.1, 0.15) is 5.56 Å². The van der Waals surface area contributed by atoms with Crippen molar-refractivity contribution in [3.05, 3.63) is 97.4 Å². The molecule has 0 radical (unpaired) electrons. The van der Waals surface area contributed by atoms with Gasteiger partial charge in [0.05, 0.1) is 17.6 Å².